The topological polar surface area (TPSA) is 98.7 Å². The Morgan fingerprint density at radius 3 is 2.50 bits per heavy atom. The van der Waals surface area contributed by atoms with Crippen molar-refractivity contribution in [3.8, 4) is 18.1 Å². The Hall–Kier alpha value is -3.27. The number of aromatic hydroxyl groups is 1. The molecule has 0 aliphatic rings. The van der Waals surface area contributed by atoms with Gasteiger partial charge in [-0.05, 0) is 18.6 Å². The molecule has 2 aromatic carbocycles. The number of amides is 1. The summed E-state index contributed by atoms with van der Waals surface area (Å²) in [5, 5.41) is 16.1. The van der Waals surface area contributed by atoms with Crippen LogP contribution in [0.2, 0.25) is 0 Å². The summed E-state index contributed by atoms with van der Waals surface area (Å²) >= 11 is 0. The van der Waals surface area contributed by atoms with Gasteiger partial charge in [0.25, 0.3) is 16.8 Å². The number of phenols is 1. The third-order valence-corrected chi connectivity index (χ3v) is 4.05. The van der Waals surface area contributed by atoms with Crippen LogP contribution < -0.4 is 21.5 Å². The first kappa shape index (κ1) is 19.1. The van der Waals surface area contributed by atoms with Gasteiger partial charge in [0, 0.05) is 26.6 Å². The standard InChI is InChI=1S/C19H21N3O4/c1-5-8-11(6-2)20-14-15(18(25)17(14)24)21-13-10-7-9-12(16(13)23)19(26)22(3)4/h1,7,9-11,20-21,23H,6,8H2,2-4H3. The van der Waals surface area contributed by atoms with Crippen molar-refractivity contribution < 1.29 is 9.90 Å². The van der Waals surface area contributed by atoms with Gasteiger partial charge < -0.3 is 20.6 Å². The monoisotopic (exact) mass is 355 g/mol. The molecule has 1 amide bonds. The lowest BCUT2D eigenvalue weighted by molar-refractivity contribution is 0.0824. The van der Waals surface area contributed by atoms with Gasteiger partial charge in [-0.2, -0.15) is 0 Å². The highest BCUT2D eigenvalue weighted by atomic mass is 16.3. The smallest absolute Gasteiger partial charge is 0.257 e. The number of para-hydroxylation sites is 1. The highest BCUT2D eigenvalue weighted by Gasteiger charge is 2.24. The molecule has 0 aliphatic carbocycles. The summed E-state index contributed by atoms with van der Waals surface area (Å²) in [6.07, 6.45) is 6.40. The van der Waals surface area contributed by atoms with Crippen molar-refractivity contribution in [2.45, 2.75) is 25.8 Å². The Kier molecular flexibility index (Phi) is 5.68. The summed E-state index contributed by atoms with van der Waals surface area (Å²) < 4.78 is 0. The van der Waals surface area contributed by atoms with Crippen LogP contribution in [-0.4, -0.2) is 36.1 Å². The van der Waals surface area contributed by atoms with E-state index in [1.165, 1.54) is 17.0 Å². The minimum absolute atomic E-state index is 0.0511. The molecule has 2 aromatic rings. The number of rotatable bonds is 7. The Morgan fingerprint density at radius 2 is 1.92 bits per heavy atom. The fourth-order valence-electron chi connectivity index (χ4n) is 2.48. The van der Waals surface area contributed by atoms with E-state index >= 15 is 0 Å². The van der Waals surface area contributed by atoms with E-state index in [-0.39, 0.29) is 40.3 Å². The number of phenolic OH excluding ortho intramolecular Hbond substituents is 1. The molecule has 3 N–H and O–H groups in total. The molecule has 0 aromatic heterocycles. The predicted molar refractivity (Wildman–Crippen MR) is 102 cm³/mol. The molecule has 0 aliphatic heterocycles. The van der Waals surface area contributed by atoms with Crippen LogP contribution in [0.15, 0.2) is 27.8 Å². The second-order valence-electron chi connectivity index (χ2n) is 6.09. The average molecular weight is 355 g/mol. The number of anilines is 3. The molecule has 0 spiro atoms. The van der Waals surface area contributed by atoms with Crippen LogP contribution in [0.25, 0.3) is 0 Å². The van der Waals surface area contributed by atoms with Gasteiger partial charge in [-0.1, -0.05) is 13.0 Å². The number of hydrogen-bond donors (Lipinski definition) is 3. The summed E-state index contributed by atoms with van der Waals surface area (Å²) in [4.78, 5) is 37.2. The largest absolute Gasteiger partial charge is 0.505 e. The van der Waals surface area contributed by atoms with Gasteiger partial charge in [0.1, 0.15) is 11.4 Å². The Labute approximate surface area is 151 Å². The Balaban J connectivity index is 2.34. The van der Waals surface area contributed by atoms with Crippen molar-refractivity contribution in [2.24, 2.45) is 0 Å². The number of nitrogens with zero attached hydrogens (tertiary/aromatic N) is 1. The number of benzene rings is 1. The number of carbonyl (C=O) groups is 1. The Bertz CT molecular complexity index is 933. The lowest BCUT2D eigenvalue weighted by Crippen LogP contribution is -2.38. The number of hydrogen-bond acceptors (Lipinski definition) is 6. The minimum Gasteiger partial charge on any atom is -0.505 e. The fraction of sp³-hybridized carbons (Fsp3) is 0.316. The second kappa shape index (κ2) is 7.74. The van der Waals surface area contributed by atoms with Crippen LogP contribution >= 0.6 is 0 Å². The van der Waals surface area contributed by atoms with Crippen LogP contribution in [0.5, 0.6) is 5.75 Å². The third kappa shape index (κ3) is 3.54. The van der Waals surface area contributed by atoms with E-state index in [4.69, 9.17) is 6.42 Å². The van der Waals surface area contributed by atoms with E-state index in [1.807, 2.05) is 6.92 Å². The van der Waals surface area contributed by atoms with Crippen molar-refractivity contribution in [2.75, 3.05) is 24.7 Å². The molecule has 0 saturated carbocycles. The van der Waals surface area contributed by atoms with Crippen molar-refractivity contribution in [3.63, 3.8) is 0 Å². The van der Waals surface area contributed by atoms with Gasteiger partial charge in [0.05, 0.1) is 11.3 Å². The molecular weight excluding hydrogens is 334 g/mol. The van der Waals surface area contributed by atoms with E-state index < -0.39 is 10.9 Å². The Morgan fingerprint density at radius 1 is 1.27 bits per heavy atom. The fourth-order valence-corrected chi connectivity index (χ4v) is 2.48. The summed E-state index contributed by atoms with van der Waals surface area (Å²) in [6, 6.07) is 4.43. The maximum atomic E-state index is 12.1. The van der Waals surface area contributed by atoms with Gasteiger partial charge in [-0.25, -0.2) is 0 Å². The molecule has 0 heterocycles. The first-order chi connectivity index (χ1) is 12.3. The first-order valence-electron chi connectivity index (χ1n) is 8.15. The zero-order valence-electron chi connectivity index (χ0n) is 14.9. The summed E-state index contributed by atoms with van der Waals surface area (Å²) in [5.74, 6) is 1.85. The lowest BCUT2D eigenvalue weighted by Gasteiger charge is -2.21. The van der Waals surface area contributed by atoms with Gasteiger partial charge in [0.15, 0.2) is 5.75 Å². The van der Waals surface area contributed by atoms with Crippen LogP contribution in [0, 0.1) is 12.3 Å². The molecule has 26 heavy (non-hydrogen) atoms. The quantitative estimate of drug-likeness (QED) is 0.397. The van der Waals surface area contributed by atoms with Crippen LogP contribution in [0.4, 0.5) is 17.1 Å². The molecule has 0 bridgehead atoms. The van der Waals surface area contributed by atoms with E-state index in [2.05, 4.69) is 16.6 Å². The zero-order valence-corrected chi connectivity index (χ0v) is 14.9. The predicted octanol–water partition coefficient (Wildman–Crippen LogP) is 1.65. The minimum atomic E-state index is -0.688. The molecule has 0 radical (unpaired) electrons. The lowest BCUT2D eigenvalue weighted by atomic mass is 10.1. The van der Waals surface area contributed by atoms with Gasteiger partial charge in [-0.3, -0.25) is 14.4 Å². The summed E-state index contributed by atoms with van der Waals surface area (Å²) in [7, 11) is 3.13. The number of nitrogens with one attached hydrogen (secondary N) is 2. The normalized spacial score (nSPS) is 11.6. The van der Waals surface area contributed by atoms with E-state index in [0.29, 0.717) is 12.8 Å². The average Bonchev–Trinajstić information content (AvgIpc) is 2.63. The molecule has 7 heteroatoms. The summed E-state index contributed by atoms with van der Waals surface area (Å²) in [5.41, 5.74) is -0.879. The van der Waals surface area contributed by atoms with Gasteiger partial charge >= 0.3 is 0 Å². The van der Waals surface area contributed by atoms with E-state index in [0.717, 1.165) is 0 Å². The van der Waals surface area contributed by atoms with Crippen LogP contribution in [0.1, 0.15) is 30.1 Å². The molecule has 0 fully saturated rings. The van der Waals surface area contributed by atoms with Crippen LogP contribution in [0.3, 0.4) is 0 Å². The van der Waals surface area contributed by atoms with Crippen LogP contribution in [-0.2, 0) is 0 Å². The maximum Gasteiger partial charge on any atom is 0.257 e. The summed E-state index contributed by atoms with van der Waals surface area (Å²) in [6.45, 7) is 1.91. The molecule has 136 valence electrons. The highest BCUT2D eigenvalue weighted by Crippen LogP contribution is 2.32. The van der Waals surface area contributed by atoms with E-state index in [1.54, 1.807) is 20.2 Å². The number of terminal acetylenes is 1. The third-order valence-electron chi connectivity index (χ3n) is 4.05. The molecule has 2 rings (SSSR count). The molecule has 7 nitrogen and oxygen atoms in total. The SMILES string of the molecule is C#CCC(CC)Nc1c(Nc2cccc(C(=O)N(C)C)c2O)c(=O)c1=O. The molecule has 0 saturated heterocycles. The van der Waals surface area contributed by atoms with Gasteiger partial charge in [0.2, 0.25) is 0 Å². The first-order valence-corrected chi connectivity index (χ1v) is 8.15. The maximum absolute atomic E-state index is 12.1. The molecule has 1 atom stereocenters. The van der Waals surface area contributed by atoms with Crippen molar-refractivity contribution in [1.82, 2.24) is 4.90 Å². The van der Waals surface area contributed by atoms with Crippen molar-refractivity contribution >= 4 is 23.0 Å². The molecule has 1 unspecified atom stereocenters. The number of carbonyl (C=O) groups excluding carboxylic acids is 1. The second-order valence-corrected chi connectivity index (χ2v) is 6.09. The van der Waals surface area contributed by atoms with Gasteiger partial charge in [-0.15, -0.1) is 12.3 Å². The van der Waals surface area contributed by atoms with Crippen molar-refractivity contribution in [3.05, 3.63) is 44.2 Å². The highest BCUT2D eigenvalue weighted by molar-refractivity contribution is 5.99. The van der Waals surface area contributed by atoms with E-state index in [9.17, 15) is 19.5 Å². The molecular formula is C19H21N3O4. The zero-order chi connectivity index (χ0) is 19.4. The van der Waals surface area contributed by atoms with Crippen molar-refractivity contribution in [1.29, 1.82) is 0 Å².